The smallest absolute Gasteiger partial charge is 0.462 e. The fraction of sp³-hybridized carbons (Fsp3) is 0.860. The van der Waals surface area contributed by atoms with Crippen molar-refractivity contribution < 1.29 is 68.2 Å². The summed E-state index contributed by atoms with van der Waals surface area (Å²) < 4.78 is 33.4. The van der Waals surface area contributed by atoms with Crippen LogP contribution in [-0.2, 0) is 32.7 Å². The van der Waals surface area contributed by atoms with Crippen LogP contribution in [0.1, 0.15) is 174 Å². The van der Waals surface area contributed by atoms with Crippen LogP contribution < -0.4 is 0 Å². The second-order valence-corrected chi connectivity index (χ2v) is 17.2. The molecule has 0 aromatic heterocycles. The molecule has 0 amide bonds. The molecule has 7 atom stereocenters. The van der Waals surface area contributed by atoms with E-state index in [-0.39, 0.29) is 12.8 Å². The van der Waals surface area contributed by atoms with Crippen molar-refractivity contribution in [1.29, 1.82) is 0 Å². The fourth-order valence-corrected chi connectivity index (χ4v) is 7.69. The van der Waals surface area contributed by atoms with E-state index in [2.05, 4.69) is 19.9 Å². The van der Waals surface area contributed by atoms with Gasteiger partial charge in [0.1, 0.15) is 43.2 Å². The van der Waals surface area contributed by atoms with Crippen LogP contribution in [0.15, 0.2) is 24.3 Å². The fourth-order valence-electron chi connectivity index (χ4n) is 6.72. The lowest BCUT2D eigenvalue weighted by molar-refractivity contribution is -0.220. The molecule has 0 heterocycles. The zero-order chi connectivity index (χ0) is 43.0. The molecule has 1 aliphatic rings. The third-order valence-electron chi connectivity index (χ3n) is 10.4. The van der Waals surface area contributed by atoms with Crippen LogP contribution in [0.4, 0.5) is 0 Å². The maximum absolute atomic E-state index is 12.8. The maximum atomic E-state index is 12.8. The Morgan fingerprint density at radius 1 is 0.603 bits per heavy atom. The highest BCUT2D eigenvalue weighted by molar-refractivity contribution is 7.47. The van der Waals surface area contributed by atoms with Gasteiger partial charge in [0.25, 0.3) is 0 Å². The Labute approximate surface area is 348 Å². The summed E-state index contributed by atoms with van der Waals surface area (Å²) in [5.74, 6) is -1.15. The lowest BCUT2D eigenvalue weighted by atomic mass is 9.85. The summed E-state index contributed by atoms with van der Waals surface area (Å²) in [5, 5.41) is 60.0. The zero-order valence-corrected chi connectivity index (χ0v) is 36.3. The minimum Gasteiger partial charge on any atom is -0.462 e. The van der Waals surface area contributed by atoms with E-state index in [1.807, 2.05) is 18.2 Å². The number of esters is 2. The molecule has 14 nitrogen and oxygen atoms in total. The normalized spacial score (nSPS) is 23.3. The van der Waals surface area contributed by atoms with E-state index in [0.717, 1.165) is 77.0 Å². The quantitative estimate of drug-likeness (QED) is 0.0145. The van der Waals surface area contributed by atoms with Crippen LogP contribution in [0.2, 0.25) is 0 Å². The Hall–Kier alpha value is -1.71. The van der Waals surface area contributed by atoms with Gasteiger partial charge in [-0.2, -0.15) is 0 Å². The molecular formula is C43H79O14P. The first-order valence-electron chi connectivity index (χ1n) is 22.2. The molecule has 1 fully saturated rings. The van der Waals surface area contributed by atoms with E-state index in [1.165, 1.54) is 57.8 Å². The molecule has 58 heavy (non-hydrogen) atoms. The number of rotatable bonds is 36. The van der Waals surface area contributed by atoms with E-state index in [9.17, 15) is 49.7 Å². The van der Waals surface area contributed by atoms with E-state index in [0.29, 0.717) is 12.8 Å². The number of hydrogen-bond donors (Lipinski definition) is 7. The molecule has 15 heteroatoms. The van der Waals surface area contributed by atoms with Gasteiger partial charge in [-0.3, -0.25) is 18.6 Å². The van der Waals surface area contributed by atoms with Gasteiger partial charge >= 0.3 is 19.8 Å². The van der Waals surface area contributed by atoms with Gasteiger partial charge in [-0.25, -0.2) is 4.57 Å². The van der Waals surface area contributed by atoms with Gasteiger partial charge in [-0.05, 0) is 32.1 Å². The monoisotopic (exact) mass is 851 g/mol. The number of aliphatic hydroxyl groups is 6. The summed E-state index contributed by atoms with van der Waals surface area (Å²) in [7, 11) is -5.13. The summed E-state index contributed by atoms with van der Waals surface area (Å²) in [5.41, 5.74) is 0. The van der Waals surface area contributed by atoms with Crippen LogP contribution in [0.5, 0.6) is 0 Å². The molecule has 0 aromatic rings. The number of carbonyl (C=O) groups is 2. The number of unbranched alkanes of at least 4 members (excludes halogenated alkanes) is 19. The highest BCUT2D eigenvalue weighted by atomic mass is 31.2. The van der Waals surface area contributed by atoms with Gasteiger partial charge in [0, 0.05) is 12.8 Å². The predicted octanol–water partition coefficient (Wildman–Crippen LogP) is 7.03. The summed E-state index contributed by atoms with van der Waals surface area (Å²) in [6, 6.07) is 0. The number of phosphoric ester groups is 1. The molecule has 0 spiro atoms. The molecule has 340 valence electrons. The predicted molar refractivity (Wildman–Crippen MR) is 223 cm³/mol. The van der Waals surface area contributed by atoms with Crippen LogP contribution in [0, 0.1) is 0 Å². The average Bonchev–Trinajstić information content (AvgIpc) is 3.19. The van der Waals surface area contributed by atoms with Crippen molar-refractivity contribution in [2.24, 2.45) is 0 Å². The van der Waals surface area contributed by atoms with Gasteiger partial charge in [0.15, 0.2) is 6.10 Å². The minimum atomic E-state index is -5.13. The first kappa shape index (κ1) is 54.3. The first-order valence-corrected chi connectivity index (χ1v) is 23.7. The minimum absolute atomic E-state index is 0.0561. The summed E-state index contributed by atoms with van der Waals surface area (Å²) in [6.45, 7) is 3.15. The number of aliphatic hydroxyl groups excluding tert-OH is 6. The number of allylic oxidation sites excluding steroid dienone is 3. The lowest BCUT2D eigenvalue weighted by Gasteiger charge is -2.41. The third-order valence-corrected chi connectivity index (χ3v) is 11.4. The summed E-state index contributed by atoms with van der Waals surface area (Å²) >= 11 is 0. The zero-order valence-electron chi connectivity index (χ0n) is 35.5. The first-order chi connectivity index (χ1) is 27.8. The molecule has 0 bridgehead atoms. The van der Waals surface area contributed by atoms with Gasteiger partial charge in [-0.1, -0.05) is 154 Å². The van der Waals surface area contributed by atoms with Gasteiger partial charge in [0.05, 0.1) is 12.7 Å². The van der Waals surface area contributed by atoms with E-state index in [4.69, 9.17) is 18.5 Å². The average molecular weight is 851 g/mol. The summed E-state index contributed by atoms with van der Waals surface area (Å²) in [6.07, 6.45) is 18.4. The molecule has 0 radical (unpaired) electrons. The Morgan fingerprint density at radius 3 is 1.62 bits per heavy atom. The molecule has 0 aliphatic heterocycles. The lowest BCUT2D eigenvalue weighted by Crippen LogP contribution is -2.64. The third kappa shape index (κ3) is 26.5. The maximum Gasteiger partial charge on any atom is 0.472 e. The second-order valence-electron chi connectivity index (χ2n) is 15.8. The highest BCUT2D eigenvalue weighted by Gasteiger charge is 2.51. The summed E-state index contributed by atoms with van der Waals surface area (Å²) in [4.78, 5) is 35.6. The van der Waals surface area contributed by atoms with Crippen molar-refractivity contribution in [3.63, 3.8) is 0 Å². The Balaban J connectivity index is 2.51. The Kier molecular flexibility index (Phi) is 31.8. The molecule has 0 saturated heterocycles. The molecule has 7 N–H and O–H groups in total. The SMILES string of the molecule is CCCCCCCCCCCCCCCC(=O)OCC(COP(=O)(O)OC1C(O)C(O)C(O)C(O)C1O)OC(=O)CCCCCCC/C=C\C=C\C(O)CCCCC. The van der Waals surface area contributed by atoms with Crippen LogP contribution in [0.3, 0.4) is 0 Å². The Bertz CT molecular complexity index is 1140. The highest BCUT2D eigenvalue weighted by Crippen LogP contribution is 2.47. The van der Waals surface area contributed by atoms with Gasteiger partial charge in [-0.15, -0.1) is 0 Å². The topological polar surface area (TPSA) is 230 Å². The standard InChI is InChI=1S/C43H79O14P/c1-3-5-7-8-9-10-11-12-13-16-19-22-26-30-36(45)54-32-35(33-55-58(52,53)57-43-41(50)39(48)38(47)40(49)42(43)51)56-37(46)31-27-23-20-17-14-15-18-21-25-29-34(44)28-24-6-4-2/h18,21,25,29,34-35,38-44,47-51H,3-17,19-20,22-24,26-28,30-33H2,1-2H3,(H,52,53)/b21-18-,29-25+. The number of hydrogen-bond acceptors (Lipinski definition) is 13. The second kappa shape index (κ2) is 33.9. The van der Waals surface area contributed by atoms with E-state index in [1.54, 1.807) is 0 Å². The van der Waals surface area contributed by atoms with Crippen molar-refractivity contribution in [2.45, 2.75) is 223 Å². The van der Waals surface area contributed by atoms with Crippen LogP contribution in [-0.4, -0.2) is 110 Å². The molecule has 1 saturated carbocycles. The largest absolute Gasteiger partial charge is 0.472 e. The van der Waals surface area contributed by atoms with Crippen molar-refractivity contribution >= 4 is 19.8 Å². The Morgan fingerprint density at radius 2 is 1.07 bits per heavy atom. The number of phosphoric acid groups is 1. The molecule has 1 aliphatic carbocycles. The number of carbonyl (C=O) groups excluding carboxylic acids is 2. The molecule has 7 unspecified atom stereocenters. The molecule has 0 aromatic carbocycles. The van der Waals surface area contributed by atoms with Crippen molar-refractivity contribution in [3.8, 4) is 0 Å². The van der Waals surface area contributed by atoms with Crippen LogP contribution >= 0.6 is 7.82 Å². The van der Waals surface area contributed by atoms with Crippen molar-refractivity contribution in [1.82, 2.24) is 0 Å². The molecule has 1 rings (SSSR count). The van der Waals surface area contributed by atoms with Crippen molar-refractivity contribution in [3.05, 3.63) is 24.3 Å². The number of ether oxygens (including phenoxy) is 2. The van der Waals surface area contributed by atoms with Gasteiger partial charge < -0.3 is 45.0 Å². The van der Waals surface area contributed by atoms with Crippen molar-refractivity contribution in [2.75, 3.05) is 13.2 Å². The molecular weight excluding hydrogens is 771 g/mol. The van der Waals surface area contributed by atoms with E-state index < -0.39 is 81.8 Å². The van der Waals surface area contributed by atoms with Gasteiger partial charge in [0.2, 0.25) is 0 Å². The van der Waals surface area contributed by atoms with E-state index >= 15 is 0 Å². The van der Waals surface area contributed by atoms with Crippen LogP contribution in [0.25, 0.3) is 0 Å².